The molecular formula is C23H19FN4O2. The van der Waals surface area contributed by atoms with Crippen LogP contribution >= 0.6 is 0 Å². The number of rotatable bonds is 3. The maximum Gasteiger partial charge on any atom is 0.335 e. The number of aromatic carboxylic acids is 1. The van der Waals surface area contributed by atoms with Crippen LogP contribution in [-0.2, 0) is 0 Å². The van der Waals surface area contributed by atoms with Crippen LogP contribution in [0.5, 0.6) is 0 Å². The zero-order valence-corrected chi connectivity index (χ0v) is 16.2. The second kappa shape index (κ2) is 6.88. The fraction of sp³-hybridized carbons (Fsp3) is 0.130. The fourth-order valence-corrected chi connectivity index (χ4v) is 4.08. The van der Waals surface area contributed by atoms with Gasteiger partial charge >= 0.3 is 5.97 Å². The van der Waals surface area contributed by atoms with E-state index in [1.807, 2.05) is 18.2 Å². The smallest absolute Gasteiger partial charge is 0.335 e. The molecule has 0 amide bonds. The second-order valence-electron chi connectivity index (χ2n) is 7.46. The van der Waals surface area contributed by atoms with Crippen LogP contribution in [0, 0.1) is 5.82 Å². The quantitative estimate of drug-likeness (QED) is 0.500. The molecule has 150 valence electrons. The molecule has 7 heteroatoms. The lowest BCUT2D eigenvalue weighted by Crippen LogP contribution is -2.43. The van der Waals surface area contributed by atoms with Gasteiger partial charge in [0.15, 0.2) is 0 Å². The van der Waals surface area contributed by atoms with Gasteiger partial charge in [-0.25, -0.2) is 9.18 Å². The van der Waals surface area contributed by atoms with Crippen LogP contribution in [0.2, 0.25) is 0 Å². The number of H-pyrrole nitrogens is 1. The number of nitrogens with one attached hydrogen (secondary N) is 1. The van der Waals surface area contributed by atoms with E-state index in [1.54, 1.807) is 30.5 Å². The molecule has 5 rings (SSSR count). The molecular weight excluding hydrogens is 383 g/mol. The van der Waals surface area contributed by atoms with Gasteiger partial charge in [0, 0.05) is 29.3 Å². The molecule has 0 spiro atoms. The lowest BCUT2D eigenvalue weighted by Gasteiger charge is -2.43. The molecule has 0 fully saturated rings. The predicted octanol–water partition coefficient (Wildman–Crippen LogP) is 5.08. The lowest BCUT2D eigenvalue weighted by atomic mass is 10.0. The summed E-state index contributed by atoms with van der Waals surface area (Å²) in [5, 5.41) is 17.4. The van der Waals surface area contributed by atoms with Crippen LogP contribution in [-0.4, -0.2) is 33.9 Å². The highest BCUT2D eigenvalue weighted by Crippen LogP contribution is 2.45. The largest absolute Gasteiger partial charge is 0.478 e. The van der Waals surface area contributed by atoms with Gasteiger partial charge in [-0.3, -0.25) is 5.10 Å². The van der Waals surface area contributed by atoms with Crippen molar-refractivity contribution in [3.8, 4) is 0 Å². The maximum absolute atomic E-state index is 13.5. The minimum Gasteiger partial charge on any atom is -0.478 e. The molecule has 0 radical (unpaired) electrons. The highest BCUT2D eigenvalue weighted by atomic mass is 19.1. The summed E-state index contributed by atoms with van der Waals surface area (Å²) in [6, 6.07) is 17.6. The van der Waals surface area contributed by atoms with E-state index in [-0.39, 0.29) is 17.4 Å². The van der Waals surface area contributed by atoms with Crippen molar-refractivity contribution in [2.24, 2.45) is 0 Å². The first kappa shape index (κ1) is 18.2. The van der Waals surface area contributed by atoms with Crippen molar-refractivity contribution < 1.29 is 14.3 Å². The second-order valence-corrected chi connectivity index (χ2v) is 7.46. The number of carboxylic acid groups (broad SMARTS) is 1. The third-order valence-electron chi connectivity index (χ3n) is 5.50. The van der Waals surface area contributed by atoms with Crippen molar-refractivity contribution in [1.29, 1.82) is 0 Å². The van der Waals surface area contributed by atoms with Crippen LogP contribution in [0.1, 0.15) is 17.3 Å². The van der Waals surface area contributed by atoms with E-state index in [0.29, 0.717) is 6.54 Å². The standard InChI is InChI=1S/C23H19FN4O2/c1-14-13-27(18-6-2-15(3-7-18)23(29)30)21-11-20-16(12-25-26-20)10-22(21)28(14)19-8-4-17(24)5-9-19/h2-12,14H,13H2,1H3,(H,25,26)(H,29,30)/t14-/m0/s1. The number of fused-ring (bicyclic) bond motifs is 2. The van der Waals surface area contributed by atoms with E-state index >= 15 is 0 Å². The first-order valence-corrected chi connectivity index (χ1v) is 9.64. The number of nitrogens with zero attached hydrogens (tertiary/aromatic N) is 3. The summed E-state index contributed by atoms with van der Waals surface area (Å²) in [5.41, 5.74) is 4.93. The van der Waals surface area contributed by atoms with Crippen LogP contribution in [0.25, 0.3) is 10.9 Å². The summed E-state index contributed by atoms with van der Waals surface area (Å²) in [5.74, 6) is -1.22. The fourth-order valence-electron chi connectivity index (χ4n) is 4.08. The average molecular weight is 402 g/mol. The van der Waals surface area contributed by atoms with Crippen LogP contribution in [0.3, 0.4) is 0 Å². The third kappa shape index (κ3) is 2.95. The Labute approximate surface area is 172 Å². The van der Waals surface area contributed by atoms with Gasteiger partial charge in [0.05, 0.1) is 28.7 Å². The van der Waals surface area contributed by atoms with Crippen molar-refractivity contribution in [2.45, 2.75) is 13.0 Å². The molecule has 2 N–H and O–H groups in total. The Kier molecular flexibility index (Phi) is 4.17. The van der Waals surface area contributed by atoms with Gasteiger partial charge in [-0.05, 0) is 67.6 Å². The molecule has 0 bridgehead atoms. The molecule has 0 saturated heterocycles. The molecule has 6 nitrogen and oxygen atoms in total. The molecule has 3 aromatic carbocycles. The summed E-state index contributed by atoms with van der Waals surface area (Å²) in [4.78, 5) is 15.6. The topological polar surface area (TPSA) is 72.5 Å². The first-order chi connectivity index (χ1) is 14.5. The highest BCUT2D eigenvalue weighted by molar-refractivity contribution is 5.95. The maximum atomic E-state index is 13.5. The van der Waals surface area contributed by atoms with Crippen LogP contribution in [0.15, 0.2) is 66.9 Å². The molecule has 4 aromatic rings. The van der Waals surface area contributed by atoms with E-state index in [2.05, 4.69) is 33.0 Å². The SMILES string of the molecule is C[C@H]1CN(c2ccc(C(=O)O)cc2)c2cc3[nH]ncc3cc2N1c1ccc(F)cc1. The summed E-state index contributed by atoms with van der Waals surface area (Å²) in [6.45, 7) is 2.79. The van der Waals surface area contributed by atoms with Gasteiger partial charge in [0.25, 0.3) is 0 Å². The molecule has 0 saturated carbocycles. The van der Waals surface area contributed by atoms with E-state index in [4.69, 9.17) is 0 Å². The highest BCUT2D eigenvalue weighted by Gasteiger charge is 2.31. The molecule has 0 unspecified atom stereocenters. The summed E-state index contributed by atoms with van der Waals surface area (Å²) in [7, 11) is 0. The van der Waals surface area contributed by atoms with Crippen molar-refractivity contribution in [3.05, 3.63) is 78.2 Å². The van der Waals surface area contributed by atoms with Gasteiger partial charge in [0.1, 0.15) is 5.82 Å². The summed E-state index contributed by atoms with van der Waals surface area (Å²) < 4.78 is 13.5. The van der Waals surface area contributed by atoms with Gasteiger partial charge < -0.3 is 14.9 Å². The first-order valence-electron chi connectivity index (χ1n) is 9.64. The number of carbonyl (C=O) groups is 1. The number of halogens is 1. The molecule has 1 atom stereocenters. The van der Waals surface area contributed by atoms with Crippen molar-refractivity contribution in [1.82, 2.24) is 10.2 Å². The predicted molar refractivity (Wildman–Crippen MR) is 115 cm³/mol. The van der Waals surface area contributed by atoms with E-state index in [0.717, 1.165) is 33.7 Å². The van der Waals surface area contributed by atoms with Crippen molar-refractivity contribution in [2.75, 3.05) is 16.3 Å². The Hall–Kier alpha value is -3.87. The average Bonchev–Trinajstić information content (AvgIpc) is 3.20. The molecule has 2 heterocycles. The van der Waals surface area contributed by atoms with Crippen molar-refractivity contribution in [3.63, 3.8) is 0 Å². The zero-order chi connectivity index (χ0) is 20.8. The molecule has 1 aliphatic rings. The van der Waals surface area contributed by atoms with E-state index in [1.165, 1.54) is 12.1 Å². The lowest BCUT2D eigenvalue weighted by molar-refractivity contribution is 0.0697. The minimum absolute atomic E-state index is 0.0893. The third-order valence-corrected chi connectivity index (χ3v) is 5.50. The molecule has 0 aliphatic carbocycles. The minimum atomic E-state index is -0.949. The number of hydrogen-bond acceptors (Lipinski definition) is 4. The number of benzene rings is 3. The monoisotopic (exact) mass is 402 g/mol. The zero-order valence-electron chi connectivity index (χ0n) is 16.2. The van der Waals surface area contributed by atoms with E-state index < -0.39 is 5.97 Å². The van der Waals surface area contributed by atoms with Gasteiger partial charge in [-0.15, -0.1) is 0 Å². The number of anilines is 4. The molecule has 1 aliphatic heterocycles. The normalized spacial score (nSPS) is 16.0. The summed E-state index contributed by atoms with van der Waals surface area (Å²) in [6.07, 6.45) is 1.78. The van der Waals surface area contributed by atoms with Crippen LogP contribution < -0.4 is 9.80 Å². The number of carboxylic acids is 1. The van der Waals surface area contributed by atoms with Gasteiger partial charge in [-0.1, -0.05) is 0 Å². The molecule has 30 heavy (non-hydrogen) atoms. The number of hydrogen-bond donors (Lipinski definition) is 2. The van der Waals surface area contributed by atoms with Crippen molar-refractivity contribution >= 4 is 39.6 Å². The Morgan fingerprint density at radius 2 is 1.77 bits per heavy atom. The van der Waals surface area contributed by atoms with Crippen LogP contribution in [0.4, 0.5) is 27.1 Å². The number of aromatic amines is 1. The Bertz CT molecular complexity index is 1230. The number of aromatic nitrogens is 2. The van der Waals surface area contributed by atoms with Gasteiger partial charge in [-0.2, -0.15) is 5.10 Å². The molecule has 1 aromatic heterocycles. The van der Waals surface area contributed by atoms with E-state index in [9.17, 15) is 14.3 Å². The Balaban J connectivity index is 1.66. The van der Waals surface area contributed by atoms with Gasteiger partial charge in [0.2, 0.25) is 0 Å². The Morgan fingerprint density at radius 1 is 1.07 bits per heavy atom. The summed E-state index contributed by atoms with van der Waals surface area (Å²) >= 11 is 0. The Morgan fingerprint density at radius 3 is 2.47 bits per heavy atom.